The predicted octanol–water partition coefficient (Wildman–Crippen LogP) is 2.39. The highest BCUT2D eigenvalue weighted by atomic mass is 35.5. The molecule has 0 bridgehead atoms. The summed E-state index contributed by atoms with van der Waals surface area (Å²) in [6.07, 6.45) is 2.31. The molecular formula is C13H18ClN3O3. The van der Waals surface area contributed by atoms with Gasteiger partial charge >= 0.3 is 0 Å². The van der Waals surface area contributed by atoms with Crippen LogP contribution in [-0.4, -0.2) is 16.9 Å². The largest absolute Gasteiger partial charge is 0.328 e. The third-order valence-corrected chi connectivity index (χ3v) is 3.52. The summed E-state index contributed by atoms with van der Waals surface area (Å²) >= 11 is 0. The van der Waals surface area contributed by atoms with Crippen molar-refractivity contribution >= 4 is 29.7 Å². The van der Waals surface area contributed by atoms with Crippen LogP contribution in [0.4, 0.5) is 11.4 Å². The van der Waals surface area contributed by atoms with Crippen LogP contribution in [0, 0.1) is 23.0 Å². The molecule has 1 fully saturated rings. The molecule has 7 heteroatoms. The van der Waals surface area contributed by atoms with E-state index < -0.39 is 4.92 Å². The maximum Gasteiger partial charge on any atom is 0.274 e. The molecule has 6 nitrogen and oxygen atoms in total. The summed E-state index contributed by atoms with van der Waals surface area (Å²) in [4.78, 5) is 22.4. The zero-order valence-corrected chi connectivity index (χ0v) is 12.0. The lowest BCUT2D eigenvalue weighted by Gasteiger charge is -2.11. The second-order valence-electron chi connectivity index (χ2n) is 5.02. The maximum absolute atomic E-state index is 12.0. The van der Waals surface area contributed by atoms with E-state index in [4.69, 9.17) is 5.73 Å². The molecule has 1 saturated carbocycles. The summed E-state index contributed by atoms with van der Waals surface area (Å²) < 4.78 is 0. The van der Waals surface area contributed by atoms with Crippen LogP contribution in [-0.2, 0) is 4.79 Å². The highest BCUT2D eigenvalue weighted by Crippen LogP contribution is 2.27. The monoisotopic (exact) mass is 299 g/mol. The number of rotatable bonds is 3. The topological polar surface area (TPSA) is 98.3 Å². The first kappa shape index (κ1) is 16.4. The fourth-order valence-electron chi connectivity index (χ4n) is 2.38. The summed E-state index contributed by atoms with van der Waals surface area (Å²) in [6, 6.07) is 4.79. The molecule has 3 N–H and O–H groups in total. The van der Waals surface area contributed by atoms with Crippen molar-refractivity contribution in [1.29, 1.82) is 0 Å². The number of benzene rings is 1. The maximum atomic E-state index is 12.0. The molecular weight excluding hydrogens is 282 g/mol. The van der Waals surface area contributed by atoms with E-state index in [1.807, 2.05) is 0 Å². The zero-order chi connectivity index (χ0) is 14.0. The number of hydrogen-bond acceptors (Lipinski definition) is 4. The van der Waals surface area contributed by atoms with Crippen molar-refractivity contribution in [2.45, 2.75) is 32.2 Å². The highest BCUT2D eigenvalue weighted by Gasteiger charge is 2.28. The quantitative estimate of drug-likeness (QED) is 0.661. The summed E-state index contributed by atoms with van der Waals surface area (Å²) in [5, 5.41) is 13.6. The number of hydrogen-bond donors (Lipinski definition) is 2. The summed E-state index contributed by atoms with van der Waals surface area (Å²) in [5.41, 5.74) is 6.82. The lowest BCUT2D eigenvalue weighted by Crippen LogP contribution is -2.23. The van der Waals surface area contributed by atoms with Crippen LogP contribution in [0.5, 0.6) is 0 Å². The van der Waals surface area contributed by atoms with Gasteiger partial charge in [-0.25, -0.2) is 0 Å². The number of nitrogens with two attached hydrogens (primary N) is 1. The van der Waals surface area contributed by atoms with E-state index in [2.05, 4.69) is 5.32 Å². The molecule has 2 atom stereocenters. The minimum absolute atomic E-state index is 0. The summed E-state index contributed by atoms with van der Waals surface area (Å²) in [6.45, 7) is 1.67. The predicted molar refractivity (Wildman–Crippen MR) is 79.0 cm³/mol. The molecule has 110 valence electrons. The van der Waals surface area contributed by atoms with E-state index in [1.54, 1.807) is 19.1 Å². The molecule has 0 aromatic heterocycles. The van der Waals surface area contributed by atoms with Crippen LogP contribution < -0.4 is 11.1 Å². The molecule has 1 aliphatic carbocycles. The van der Waals surface area contributed by atoms with E-state index in [9.17, 15) is 14.9 Å². The molecule has 0 saturated heterocycles. The Morgan fingerprint density at radius 1 is 1.45 bits per heavy atom. The van der Waals surface area contributed by atoms with Gasteiger partial charge in [0, 0.05) is 29.3 Å². The Hall–Kier alpha value is -1.66. The molecule has 0 aliphatic heterocycles. The Morgan fingerprint density at radius 2 is 2.15 bits per heavy atom. The molecule has 0 heterocycles. The van der Waals surface area contributed by atoms with Crippen molar-refractivity contribution in [1.82, 2.24) is 0 Å². The molecule has 0 spiro atoms. The van der Waals surface area contributed by atoms with E-state index >= 15 is 0 Å². The van der Waals surface area contributed by atoms with Gasteiger partial charge in [-0.3, -0.25) is 14.9 Å². The average Bonchev–Trinajstić information content (AvgIpc) is 2.78. The van der Waals surface area contributed by atoms with Gasteiger partial charge in [-0.2, -0.15) is 0 Å². The van der Waals surface area contributed by atoms with Gasteiger partial charge in [0.1, 0.15) is 0 Å². The normalized spacial score (nSPS) is 21.1. The van der Waals surface area contributed by atoms with Crippen molar-refractivity contribution in [2.75, 3.05) is 5.32 Å². The summed E-state index contributed by atoms with van der Waals surface area (Å²) in [5.74, 6) is -0.193. The second kappa shape index (κ2) is 6.67. The number of anilines is 1. The zero-order valence-electron chi connectivity index (χ0n) is 11.2. The van der Waals surface area contributed by atoms with Crippen molar-refractivity contribution in [3.05, 3.63) is 33.9 Å². The number of nitro groups is 1. The highest BCUT2D eigenvalue weighted by molar-refractivity contribution is 5.93. The Labute approximate surface area is 123 Å². The van der Waals surface area contributed by atoms with E-state index in [1.165, 1.54) is 6.07 Å². The third kappa shape index (κ3) is 3.68. The molecule has 1 aromatic rings. The molecule has 20 heavy (non-hydrogen) atoms. The van der Waals surface area contributed by atoms with Crippen LogP contribution in [0.15, 0.2) is 18.2 Å². The van der Waals surface area contributed by atoms with E-state index in [0.29, 0.717) is 17.7 Å². The fraction of sp³-hybridized carbons (Fsp3) is 0.462. The first-order chi connectivity index (χ1) is 8.97. The first-order valence-corrected chi connectivity index (χ1v) is 6.29. The second-order valence-corrected chi connectivity index (χ2v) is 5.02. The van der Waals surface area contributed by atoms with Crippen LogP contribution in [0.3, 0.4) is 0 Å². The number of carbonyl (C=O) groups is 1. The fourth-order valence-corrected chi connectivity index (χ4v) is 2.38. The first-order valence-electron chi connectivity index (χ1n) is 6.29. The van der Waals surface area contributed by atoms with Gasteiger partial charge in [0.05, 0.1) is 4.92 Å². The standard InChI is InChI=1S/C13H17N3O3.ClH/c1-8-2-5-11(7-12(8)16(18)19)15-13(17)9-3-4-10(14)6-9;/h2,5,7,9-10H,3-4,6,14H2,1H3,(H,15,17);1H. The number of aryl methyl sites for hydroxylation is 1. The summed E-state index contributed by atoms with van der Waals surface area (Å²) in [7, 11) is 0. The Morgan fingerprint density at radius 3 is 2.70 bits per heavy atom. The van der Waals surface area contributed by atoms with Gasteiger partial charge < -0.3 is 11.1 Å². The number of amides is 1. The van der Waals surface area contributed by atoms with E-state index in [-0.39, 0.29) is 36.0 Å². The lowest BCUT2D eigenvalue weighted by atomic mass is 10.1. The van der Waals surface area contributed by atoms with Crippen LogP contribution in [0.1, 0.15) is 24.8 Å². The smallest absolute Gasteiger partial charge is 0.274 e. The van der Waals surface area contributed by atoms with Crippen LogP contribution >= 0.6 is 12.4 Å². The molecule has 2 unspecified atom stereocenters. The lowest BCUT2D eigenvalue weighted by molar-refractivity contribution is -0.385. The number of carbonyl (C=O) groups excluding carboxylic acids is 1. The van der Waals surface area contributed by atoms with Crippen LogP contribution in [0.25, 0.3) is 0 Å². The van der Waals surface area contributed by atoms with Gasteiger partial charge in [-0.15, -0.1) is 12.4 Å². The molecule has 1 aliphatic rings. The van der Waals surface area contributed by atoms with Crippen molar-refractivity contribution in [3.8, 4) is 0 Å². The number of halogens is 1. The van der Waals surface area contributed by atoms with E-state index in [0.717, 1.165) is 12.8 Å². The van der Waals surface area contributed by atoms with Crippen LogP contribution in [0.2, 0.25) is 0 Å². The Bertz CT molecular complexity index is 522. The number of nitrogens with one attached hydrogen (secondary N) is 1. The van der Waals surface area contributed by atoms with Crippen molar-refractivity contribution < 1.29 is 9.72 Å². The average molecular weight is 300 g/mol. The number of nitrogens with zero attached hydrogens (tertiary/aromatic N) is 1. The minimum atomic E-state index is -0.448. The SMILES string of the molecule is Cc1ccc(NC(=O)C2CCC(N)C2)cc1[N+](=O)[O-].Cl. The Kier molecular flexibility index (Phi) is 5.47. The molecule has 1 aromatic carbocycles. The van der Waals surface area contributed by atoms with Gasteiger partial charge in [0.2, 0.25) is 5.91 Å². The molecule has 0 radical (unpaired) electrons. The molecule has 1 amide bonds. The Balaban J connectivity index is 0.00000200. The van der Waals surface area contributed by atoms with Gasteiger partial charge in [0.25, 0.3) is 5.69 Å². The number of nitro benzene ring substituents is 1. The van der Waals surface area contributed by atoms with Crippen molar-refractivity contribution in [2.24, 2.45) is 11.7 Å². The van der Waals surface area contributed by atoms with Gasteiger partial charge in [0.15, 0.2) is 0 Å². The van der Waals surface area contributed by atoms with Gasteiger partial charge in [-0.05, 0) is 32.3 Å². The van der Waals surface area contributed by atoms with Crippen molar-refractivity contribution in [3.63, 3.8) is 0 Å². The molecule has 2 rings (SSSR count). The minimum Gasteiger partial charge on any atom is -0.328 e. The van der Waals surface area contributed by atoms with Gasteiger partial charge in [-0.1, -0.05) is 6.07 Å². The third-order valence-electron chi connectivity index (χ3n) is 3.52.